The van der Waals surface area contributed by atoms with Crippen molar-refractivity contribution in [1.29, 1.82) is 0 Å². The van der Waals surface area contributed by atoms with Crippen LogP contribution in [-0.2, 0) is 11.8 Å². The van der Waals surface area contributed by atoms with Crippen LogP contribution in [0, 0.1) is 0 Å². The van der Waals surface area contributed by atoms with Crippen molar-refractivity contribution in [2.75, 3.05) is 13.1 Å². The fraction of sp³-hybridized carbons (Fsp3) is 0.684. The minimum Gasteiger partial charge on any atom is -0.313 e. The summed E-state index contributed by atoms with van der Waals surface area (Å²) in [5, 5.41) is 0. The number of likely N-dealkylation sites (tertiary alicyclic amines) is 1. The molecule has 0 saturated carbocycles. The first-order valence-electron chi connectivity index (χ1n) is 8.42. The summed E-state index contributed by atoms with van der Waals surface area (Å²) in [6.07, 6.45) is 6.21. The highest BCUT2D eigenvalue weighted by Crippen LogP contribution is 2.24. The minimum absolute atomic E-state index is 0.218. The molecule has 1 aliphatic rings. The molecule has 2 nitrogen and oxygen atoms in total. The highest BCUT2D eigenvalue weighted by Gasteiger charge is 2.28. The highest BCUT2D eigenvalue weighted by molar-refractivity contribution is 5.28. The SMILES string of the molecule is CC(C)(C)c1ccc(CC(C)(N)N2CCCCCC2)cc1. The lowest BCUT2D eigenvalue weighted by Crippen LogP contribution is -2.55. The van der Waals surface area contributed by atoms with Crippen LogP contribution in [0.3, 0.4) is 0 Å². The van der Waals surface area contributed by atoms with Gasteiger partial charge in [0.2, 0.25) is 0 Å². The van der Waals surface area contributed by atoms with Crippen molar-refractivity contribution in [1.82, 2.24) is 4.90 Å². The van der Waals surface area contributed by atoms with Crippen molar-refractivity contribution < 1.29 is 0 Å². The largest absolute Gasteiger partial charge is 0.313 e. The standard InChI is InChI=1S/C19H32N2/c1-18(2,3)17-11-9-16(10-12-17)15-19(4,20)21-13-7-5-6-8-14-21/h9-12H,5-8,13-15,20H2,1-4H3. The van der Waals surface area contributed by atoms with E-state index in [9.17, 15) is 0 Å². The van der Waals surface area contributed by atoms with Crippen LogP contribution < -0.4 is 5.73 Å². The molecule has 0 aromatic heterocycles. The quantitative estimate of drug-likeness (QED) is 0.908. The zero-order valence-electron chi connectivity index (χ0n) is 14.3. The van der Waals surface area contributed by atoms with Gasteiger partial charge in [-0.2, -0.15) is 0 Å². The first-order valence-corrected chi connectivity index (χ1v) is 8.42. The molecule has 1 saturated heterocycles. The second-order valence-electron chi connectivity index (χ2n) is 7.88. The lowest BCUT2D eigenvalue weighted by atomic mass is 9.86. The van der Waals surface area contributed by atoms with Crippen LogP contribution in [0.5, 0.6) is 0 Å². The van der Waals surface area contributed by atoms with Gasteiger partial charge < -0.3 is 5.73 Å². The number of hydrogen-bond acceptors (Lipinski definition) is 2. The Kier molecular flexibility index (Phi) is 5.11. The molecular weight excluding hydrogens is 256 g/mol. The Balaban J connectivity index is 2.05. The van der Waals surface area contributed by atoms with E-state index in [-0.39, 0.29) is 11.1 Å². The van der Waals surface area contributed by atoms with Gasteiger partial charge in [0.15, 0.2) is 0 Å². The zero-order chi connectivity index (χ0) is 15.5. The van der Waals surface area contributed by atoms with Crippen molar-refractivity contribution in [3.63, 3.8) is 0 Å². The predicted octanol–water partition coefficient (Wildman–Crippen LogP) is 4.08. The number of nitrogens with two attached hydrogens (primary N) is 1. The second-order valence-corrected chi connectivity index (χ2v) is 7.88. The molecular formula is C19H32N2. The third-order valence-corrected chi connectivity index (χ3v) is 4.71. The van der Waals surface area contributed by atoms with E-state index in [1.807, 2.05) is 0 Å². The van der Waals surface area contributed by atoms with E-state index in [0.717, 1.165) is 19.5 Å². The fourth-order valence-electron chi connectivity index (χ4n) is 3.23. The molecule has 1 aromatic carbocycles. The number of rotatable bonds is 3. The van der Waals surface area contributed by atoms with E-state index in [1.54, 1.807) is 0 Å². The lowest BCUT2D eigenvalue weighted by Gasteiger charge is -2.38. The molecule has 1 aliphatic heterocycles. The van der Waals surface area contributed by atoms with E-state index in [1.165, 1.54) is 36.8 Å². The average molecular weight is 288 g/mol. The maximum absolute atomic E-state index is 6.64. The number of hydrogen-bond donors (Lipinski definition) is 1. The molecule has 1 atom stereocenters. The van der Waals surface area contributed by atoms with E-state index in [2.05, 4.69) is 56.9 Å². The topological polar surface area (TPSA) is 29.3 Å². The van der Waals surface area contributed by atoms with Crippen LogP contribution in [0.15, 0.2) is 24.3 Å². The number of benzene rings is 1. The normalized spacial score (nSPS) is 20.8. The van der Waals surface area contributed by atoms with Crippen LogP contribution >= 0.6 is 0 Å². The van der Waals surface area contributed by atoms with Gasteiger partial charge in [0, 0.05) is 6.42 Å². The van der Waals surface area contributed by atoms with Gasteiger partial charge in [0.1, 0.15) is 0 Å². The third kappa shape index (κ3) is 4.55. The molecule has 2 heteroatoms. The van der Waals surface area contributed by atoms with E-state index < -0.39 is 0 Å². The van der Waals surface area contributed by atoms with Crippen molar-refractivity contribution in [3.8, 4) is 0 Å². The minimum atomic E-state index is -0.229. The maximum atomic E-state index is 6.64. The summed E-state index contributed by atoms with van der Waals surface area (Å²) in [4.78, 5) is 2.48. The van der Waals surface area contributed by atoms with Gasteiger partial charge in [-0.25, -0.2) is 0 Å². The molecule has 1 aromatic rings. The van der Waals surface area contributed by atoms with Crippen LogP contribution in [0.1, 0.15) is 64.5 Å². The Hall–Kier alpha value is -0.860. The van der Waals surface area contributed by atoms with E-state index in [4.69, 9.17) is 5.73 Å². The molecule has 1 fully saturated rings. The molecule has 1 unspecified atom stereocenters. The van der Waals surface area contributed by atoms with Gasteiger partial charge in [-0.3, -0.25) is 4.90 Å². The Labute approximate surface area is 130 Å². The summed E-state index contributed by atoms with van der Waals surface area (Å²) in [6.45, 7) is 11.3. The Morgan fingerprint density at radius 3 is 1.90 bits per heavy atom. The molecule has 21 heavy (non-hydrogen) atoms. The monoisotopic (exact) mass is 288 g/mol. The summed E-state index contributed by atoms with van der Waals surface area (Å²) in [7, 11) is 0. The number of nitrogens with zero attached hydrogens (tertiary/aromatic N) is 1. The van der Waals surface area contributed by atoms with Gasteiger partial charge in [-0.15, -0.1) is 0 Å². The van der Waals surface area contributed by atoms with Crippen molar-refractivity contribution in [2.24, 2.45) is 5.73 Å². The maximum Gasteiger partial charge on any atom is 0.0699 e. The van der Waals surface area contributed by atoms with Gasteiger partial charge in [0.25, 0.3) is 0 Å². The molecule has 2 rings (SSSR count). The molecule has 0 radical (unpaired) electrons. The van der Waals surface area contributed by atoms with Crippen molar-refractivity contribution in [2.45, 2.75) is 70.9 Å². The van der Waals surface area contributed by atoms with E-state index >= 15 is 0 Å². The molecule has 0 bridgehead atoms. The first kappa shape index (κ1) is 16.5. The van der Waals surface area contributed by atoms with Gasteiger partial charge in [-0.1, -0.05) is 57.9 Å². The lowest BCUT2D eigenvalue weighted by molar-refractivity contribution is 0.113. The molecule has 118 valence electrons. The molecule has 0 aliphatic carbocycles. The third-order valence-electron chi connectivity index (χ3n) is 4.71. The van der Waals surface area contributed by atoms with Gasteiger partial charge in [-0.05, 0) is 49.4 Å². The Morgan fingerprint density at radius 1 is 0.905 bits per heavy atom. The van der Waals surface area contributed by atoms with Crippen LogP contribution in [0.25, 0.3) is 0 Å². The van der Waals surface area contributed by atoms with Crippen molar-refractivity contribution in [3.05, 3.63) is 35.4 Å². The summed E-state index contributed by atoms with van der Waals surface area (Å²) < 4.78 is 0. The van der Waals surface area contributed by atoms with Gasteiger partial charge >= 0.3 is 0 Å². The smallest absolute Gasteiger partial charge is 0.0699 e. The molecule has 2 N–H and O–H groups in total. The summed E-state index contributed by atoms with van der Waals surface area (Å²) >= 11 is 0. The van der Waals surface area contributed by atoms with Crippen LogP contribution in [-0.4, -0.2) is 23.7 Å². The second kappa shape index (κ2) is 6.50. The summed E-state index contributed by atoms with van der Waals surface area (Å²) in [6, 6.07) is 9.02. The average Bonchev–Trinajstić information content (AvgIpc) is 2.67. The molecule has 1 heterocycles. The fourth-order valence-corrected chi connectivity index (χ4v) is 3.23. The zero-order valence-corrected chi connectivity index (χ0v) is 14.3. The van der Waals surface area contributed by atoms with Crippen LogP contribution in [0.4, 0.5) is 0 Å². The van der Waals surface area contributed by atoms with Crippen LogP contribution in [0.2, 0.25) is 0 Å². The summed E-state index contributed by atoms with van der Waals surface area (Å²) in [5.41, 5.74) is 9.37. The first-order chi connectivity index (χ1) is 9.79. The van der Waals surface area contributed by atoms with Crippen molar-refractivity contribution >= 4 is 0 Å². The molecule has 0 spiro atoms. The Bertz CT molecular complexity index is 432. The van der Waals surface area contributed by atoms with Gasteiger partial charge in [0.05, 0.1) is 5.66 Å². The predicted molar refractivity (Wildman–Crippen MR) is 91.5 cm³/mol. The summed E-state index contributed by atoms with van der Waals surface area (Å²) in [5.74, 6) is 0. The Morgan fingerprint density at radius 2 is 1.43 bits per heavy atom. The van der Waals surface area contributed by atoms with E-state index in [0.29, 0.717) is 0 Å². The highest BCUT2D eigenvalue weighted by atomic mass is 15.3. The molecule has 0 amide bonds.